The molecule has 2 aromatic carbocycles. The van der Waals surface area contributed by atoms with Crippen LogP contribution >= 0.6 is 0 Å². The van der Waals surface area contributed by atoms with Gasteiger partial charge in [0.25, 0.3) is 5.91 Å². The summed E-state index contributed by atoms with van der Waals surface area (Å²) in [6.07, 6.45) is -1.23. The Labute approximate surface area is 130 Å². The Morgan fingerprint density at radius 2 is 1.55 bits per heavy atom. The maximum atomic E-state index is 12.0. The van der Waals surface area contributed by atoms with E-state index in [1.165, 1.54) is 0 Å². The lowest BCUT2D eigenvalue weighted by molar-refractivity contribution is -0.129. The molecule has 0 fully saturated rings. The number of carbonyl (C=O) groups excluding carboxylic acids is 1. The molecule has 0 aliphatic carbocycles. The van der Waals surface area contributed by atoms with E-state index >= 15 is 0 Å². The number of hydrogen-bond acceptors (Lipinski definition) is 3. The fourth-order valence-corrected chi connectivity index (χ4v) is 2.10. The van der Waals surface area contributed by atoms with Gasteiger partial charge in [-0.05, 0) is 17.0 Å². The van der Waals surface area contributed by atoms with E-state index in [0.717, 1.165) is 11.3 Å². The molecule has 22 heavy (non-hydrogen) atoms. The summed E-state index contributed by atoms with van der Waals surface area (Å²) >= 11 is 0. The van der Waals surface area contributed by atoms with Gasteiger partial charge >= 0.3 is 0 Å². The molecule has 114 valence electrons. The van der Waals surface area contributed by atoms with Gasteiger partial charge < -0.3 is 5.11 Å². The second kappa shape index (κ2) is 7.52. The van der Waals surface area contributed by atoms with Crippen molar-refractivity contribution < 1.29 is 9.90 Å². The number of hydrogen-bond donors (Lipinski definition) is 2. The van der Waals surface area contributed by atoms with Crippen LogP contribution in [-0.2, 0) is 4.79 Å². The van der Waals surface area contributed by atoms with Crippen LogP contribution in [0.3, 0.4) is 0 Å². The molecule has 0 bridgehead atoms. The molecule has 4 heteroatoms. The van der Waals surface area contributed by atoms with Gasteiger partial charge in [0.2, 0.25) is 0 Å². The molecule has 0 saturated carbocycles. The molecular weight excluding hydrogens is 276 g/mol. The number of aliphatic hydroxyl groups excluding tert-OH is 1. The second-order valence-electron chi connectivity index (χ2n) is 5.31. The summed E-state index contributed by atoms with van der Waals surface area (Å²) in [4.78, 5) is 12.0. The normalized spacial score (nSPS) is 13.0. The van der Waals surface area contributed by atoms with Gasteiger partial charge in [-0.3, -0.25) is 4.79 Å². The summed E-state index contributed by atoms with van der Waals surface area (Å²) in [5.74, 6) is -0.392. The van der Waals surface area contributed by atoms with Gasteiger partial charge in [-0.25, -0.2) is 5.43 Å². The lowest BCUT2D eigenvalue weighted by atomic mass is 10.0. The van der Waals surface area contributed by atoms with Gasteiger partial charge in [0.15, 0.2) is 6.10 Å². The summed E-state index contributed by atoms with van der Waals surface area (Å²) in [7, 11) is 0. The van der Waals surface area contributed by atoms with E-state index in [4.69, 9.17) is 0 Å². The molecule has 2 N–H and O–H groups in total. The zero-order valence-corrected chi connectivity index (χ0v) is 12.7. The summed E-state index contributed by atoms with van der Waals surface area (Å²) in [5, 5.41) is 14.2. The fraction of sp³-hybridized carbons (Fsp3) is 0.222. The van der Waals surface area contributed by atoms with Crippen LogP contribution in [0, 0.1) is 5.92 Å². The first-order valence-corrected chi connectivity index (χ1v) is 7.25. The zero-order valence-electron chi connectivity index (χ0n) is 12.7. The number of amides is 1. The molecule has 2 rings (SSSR count). The van der Waals surface area contributed by atoms with Gasteiger partial charge in [0.1, 0.15) is 0 Å². The van der Waals surface area contributed by atoms with Crippen molar-refractivity contribution in [1.82, 2.24) is 5.43 Å². The Bertz CT molecular complexity index is 637. The Morgan fingerprint density at radius 1 is 1.00 bits per heavy atom. The van der Waals surface area contributed by atoms with Crippen molar-refractivity contribution >= 4 is 11.6 Å². The summed E-state index contributed by atoms with van der Waals surface area (Å²) in [5.41, 5.74) is 4.73. The third-order valence-electron chi connectivity index (χ3n) is 3.27. The van der Waals surface area contributed by atoms with Crippen LogP contribution in [0.15, 0.2) is 65.8 Å². The van der Waals surface area contributed by atoms with Crippen LogP contribution in [0.2, 0.25) is 0 Å². The predicted molar refractivity (Wildman–Crippen MR) is 87.4 cm³/mol. The third kappa shape index (κ3) is 4.02. The number of nitrogens with zero attached hydrogens (tertiary/aromatic N) is 1. The van der Waals surface area contributed by atoms with Gasteiger partial charge in [-0.1, -0.05) is 74.5 Å². The van der Waals surface area contributed by atoms with Crippen molar-refractivity contribution in [1.29, 1.82) is 0 Å². The number of benzene rings is 2. The molecule has 0 spiro atoms. The minimum absolute atomic E-state index is 0.150. The zero-order chi connectivity index (χ0) is 15.9. The summed E-state index contributed by atoms with van der Waals surface area (Å²) in [6, 6.07) is 18.5. The molecule has 1 atom stereocenters. The van der Waals surface area contributed by atoms with Crippen LogP contribution in [0.4, 0.5) is 0 Å². The first kappa shape index (κ1) is 15.9. The molecule has 0 radical (unpaired) electrons. The van der Waals surface area contributed by atoms with E-state index in [2.05, 4.69) is 10.5 Å². The van der Waals surface area contributed by atoms with Crippen molar-refractivity contribution in [3.8, 4) is 0 Å². The molecular formula is C18H20N2O2. The maximum absolute atomic E-state index is 12.0. The molecule has 4 nitrogen and oxygen atoms in total. The Morgan fingerprint density at radius 3 is 2.09 bits per heavy atom. The smallest absolute Gasteiger partial charge is 0.273 e. The van der Waals surface area contributed by atoms with Crippen molar-refractivity contribution in [3.63, 3.8) is 0 Å². The van der Waals surface area contributed by atoms with Gasteiger partial charge in [0, 0.05) is 0 Å². The average molecular weight is 296 g/mol. The highest BCUT2D eigenvalue weighted by atomic mass is 16.3. The quantitative estimate of drug-likeness (QED) is 0.658. The number of aliphatic hydroxyl groups is 1. The fourth-order valence-electron chi connectivity index (χ4n) is 2.10. The van der Waals surface area contributed by atoms with Crippen LogP contribution in [0.25, 0.3) is 0 Å². The monoisotopic (exact) mass is 296 g/mol. The lowest BCUT2D eigenvalue weighted by Crippen LogP contribution is -2.27. The Kier molecular flexibility index (Phi) is 5.44. The standard InChI is InChI=1S/C18H20N2O2/c1-13(2)16(14-9-5-3-6-10-14)19-20-18(22)17(21)15-11-7-4-8-12-15/h3-13,17,21H,1-2H3,(H,20,22)/t17-/m1/s1. The maximum Gasteiger partial charge on any atom is 0.273 e. The number of carbonyl (C=O) groups is 1. The topological polar surface area (TPSA) is 61.7 Å². The number of rotatable bonds is 5. The highest BCUT2D eigenvalue weighted by molar-refractivity contribution is 6.02. The minimum Gasteiger partial charge on any atom is -0.378 e. The van der Waals surface area contributed by atoms with E-state index in [9.17, 15) is 9.90 Å². The van der Waals surface area contributed by atoms with Crippen LogP contribution in [0.1, 0.15) is 31.1 Å². The SMILES string of the molecule is CC(C)C(=NNC(=O)[C@H](O)c1ccccc1)c1ccccc1. The molecule has 0 saturated heterocycles. The van der Waals surface area contributed by atoms with Gasteiger partial charge in [-0.15, -0.1) is 0 Å². The Hall–Kier alpha value is -2.46. The average Bonchev–Trinajstić information content (AvgIpc) is 2.55. The van der Waals surface area contributed by atoms with Crippen molar-refractivity contribution in [2.24, 2.45) is 11.0 Å². The van der Waals surface area contributed by atoms with Crippen molar-refractivity contribution in [3.05, 3.63) is 71.8 Å². The molecule has 0 heterocycles. The van der Waals surface area contributed by atoms with Crippen molar-refractivity contribution in [2.75, 3.05) is 0 Å². The third-order valence-corrected chi connectivity index (χ3v) is 3.27. The lowest BCUT2D eigenvalue weighted by Gasteiger charge is -2.13. The summed E-state index contributed by atoms with van der Waals surface area (Å²) < 4.78 is 0. The van der Waals surface area contributed by atoms with E-state index in [1.54, 1.807) is 24.3 Å². The van der Waals surface area contributed by atoms with Crippen LogP contribution in [0.5, 0.6) is 0 Å². The van der Waals surface area contributed by atoms with E-state index in [0.29, 0.717) is 5.56 Å². The molecule has 1 amide bonds. The predicted octanol–water partition coefficient (Wildman–Crippen LogP) is 2.90. The van der Waals surface area contributed by atoms with E-state index in [1.807, 2.05) is 50.2 Å². The number of hydrazone groups is 1. The second-order valence-corrected chi connectivity index (χ2v) is 5.31. The molecule has 0 unspecified atom stereocenters. The van der Waals surface area contributed by atoms with Gasteiger partial charge in [-0.2, -0.15) is 5.10 Å². The highest BCUT2D eigenvalue weighted by Gasteiger charge is 2.17. The summed E-state index contributed by atoms with van der Waals surface area (Å²) in [6.45, 7) is 4.01. The van der Waals surface area contributed by atoms with Crippen molar-refractivity contribution in [2.45, 2.75) is 20.0 Å². The molecule has 0 aliphatic rings. The van der Waals surface area contributed by atoms with E-state index < -0.39 is 12.0 Å². The molecule has 2 aromatic rings. The molecule has 0 aliphatic heterocycles. The van der Waals surface area contributed by atoms with E-state index in [-0.39, 0.29) is 5.92 Å². The first-order valence-electron chi connectivity index (χ1n) is 7.25. The van der Waals surface area contributed by atoms with Gasteiger partial charge in [0.05, 0.1) is 5.71 Å². The van der Waals surface area contributed by atoms with Crippen LogP contribution in [-0.4, -0.2) is 16.7 Å². The largest absolute Gasteiger partial charge is 0.378 e. The Balaban J connectivity index is 2.13. The number of nitrogens with one attached hydrogen (secondary N) is 1. The highest BCUT2D eigenvalue weighted by Crippen LogP contribution is 2.13. The first-order chi connectivity index (χ1) is 10.6. The van der Waals surface area contributed by atoms with Crippen LogP contribution < -0.4 is 5.43 Å². The molecule has 0 aromatic heterocycles. The minimum atomic E-state index is -1.23.